The topological polar surface area (TPSA) is 49.4 Å². The Hall–Kier alpha value is -2.10. The van der Waals surface area contributed by atoms with Crippen molar-refractivity contribution in [2.75, 3.05) is 0 Å². The molecule has 0 bridgehead atoms. The molecule has 1 aromatic rings. The number of benzene rings is 1. The second-order valence-corrected chi connectivity index (χ2v) is 4.68. The SMILES string of the molecule is C=C(c1ccccc1)N1NC(=O)C(CC)(CC)C1=O. The number of hydrazine groups is 1. The average molecular weight is 258 g/mol. The molecule has 0 spiro atoms. The van der Waals surface area contributed by atoms with Gasteiger partial charge in [0.2, 0.25) is 0 Å². The Morgan fingerprint density at radius 2 is 1.79 bits per heavy atom. The minimum Gasteiger partial charge on any atom is -0.272 e. The molecular weight excluding hydrogens is 240 g/mol. The molecule has 0 saturated carbocycles. The van der Waals surface area contributed by atoms with Crippen LogP contribution in [0.4, 0.5) is 0 Å². The maximum Gasteiger partial charge on any atom is 0.261 e. The Labute approximate surface area is 113 Å². The molecule has 4 heteroatoms. The molecule has 1 saturated heterocycles. The fourth-order valence-electron chi connectivity index (χ4n) is 2.39. The van der Waals surface area contributed by atoms with E-state index in [4.69, 9.17) is 0 Å². The zero-order chi connectivity index (χ0) is 14.0. The van der Waals surface area contributed by atoms with Gasteiger partial charge in [-0.1, -0.05) is 50.8 Å². The highest BCUT2D eigenvalue weighted by Crippen LogP contribution is 2.36. The highest BCUT2D eigenvalue weighted by Gasteiger charge is 2.52. The molecule has 2 amide bonds. The van der Waals surface area contributed by atoms with E-state index in [1.54, 1.807) is 0 Å². The molecule has 19 heavy (non-hydrogen) atoms. The summed E-state index contributed by atoms with van der Waals surface area (Å²) in [5.41, 5.74) is 3.01. The lowest BCUT2D eigenvalue weighted by Gasteiger charge is -2.22. The maximum absolute atomic E-state index is 12.5. The van der Waals surface area contributed by atoms with Gasteiger partial charge in [-0.3, -0.25) is 15.0 Å². The van der Waals surface area contributed by atoms with Crippen molar-refractivity contribution in [3.05, 3.63) is 42.5 Å². The molecule has 0 atom stereocenters. The molecule has 100 valence electrons. The first-order chi connectivity index (χ1) is 9.06. The van der Waals surface area contributed by atoms with Gasteiger partial charge < -0.3 is 0 Å². The Bertz CT molecular complexity index is 518. The highest BCUT2D eigenvalue weighted by molar-refractivity contribution is 6.12. The summed E-state index contributed by atoms with van der Waals surface area (Å²) in [6.45, 7) is 7.63. The summed E-state index contributed by atoms with van der Waals surface area (Å²) >= 11 is 0. The quantitative estimate of drug-likeness (QED) is 0.843. The van der Waals surface area contributed by atoms with Crippen LogP contribution in [-0.2, 0) is 9.59 Å². The molecule has 4 nitrogen and oxygen atoms in total. The molecule has 0 radical (unpaired) electrons. The van der Waals surface area contributed by atoms with Crippen LogP contribution in [0.25, 0.3) is 5.70 Å². The summed E-state index contributed by atoms with van der Waals surface area (Å²) in [5, 5.41) is 1.28. The number of amides is 2. The van der Waals surface area contributed by atoms with Crippen molar-refractivity contribution in [3.8, 4) is 0 Å². The lowest BCUT2D eigenvalue weighted by atomic mass is 9.81. The summed E-state index contributed by atoms with van der Waals surface area (Å²) < 4.78 is 0. The van der Waals surface area contributed by atoms with Gasteiger partial charge in [0.1, 0.15) is 5.41 Å². The van der Waals surface area contributed by atoms with Gasteiger partial charge in [-0.25, -0.2) is 5.01 Å². The van der Waals surface area contributed by atoms with Gasteiger partial charge in [-0.05, 0) is 18.4 Å². The fraction of sp³-hybridized carbons (Fsp3) is 0.333. The summed E-state index contributed by atoms with van der Waals surface area (Å²) in [7, 11) is 0. The Morgan fingerprint density at radius 1 is 1.21 bits per heavy atom. The third-order valence-corrected chi connectivity index (χ3v) is 3.84. The minimum absolute atomic E-state index is 0.212. The van der Waals surface area contributed by atoms with E-state index in [1.807, 2.05) is 44.2 Å². The van der Waals surface area contributed by atoms with E-state index in [1.165, 1.54) is 5.01 Å². The van der Waals surface area contributed by atoms with Gasteiger partial charge in [0, 0.05) is 0 Å². The second-order valence-electron chi connectivity index (χ2n) is 4.68. The molecule has 1 aromatic carbocycles. The van der Waals surface area contributed by atoms with E-state index in [0.717, 1.165) is 5.56 Å². The number of rotatable bonds is 4. The van der Waals surface area contributed by atoms with Crippen LogP contribution in [0.3, 0.4) is 0 Å². The second kappa shape index (κ2) is 4.88. The number of nitrogens with one attached hydrogen (secondary N) is 1. The first-order valence-corrected chi connectivity index (χ1v) is 6.46. The first-order valence-electron chi connectivity index (χ1n) is 6.46. The first kappa shape index (κ1) is 13.3. The van der Waals surface area contributed by atoms with Crippen LogP contribution in [0.1, 0.15) is 32.3 Å². The average Bonchev–Trinajstić information content (AvgIpc) is 2.71. The predicted molar refractivity (Wildman–Crippen MR) is 73.5 cm³/mol. The monoisotopic (exact) mass is 258 g/mol. The van der Waals surface area contributed by atoms with Crippen molar-refractivity contribution in [3.63, 3.8) is 0 Å². The molecule has 0 aromatic heterocycles. The summed E-state index contributed by atoms with van der Waals surface area (Å²) in [6.07, 6.45) is 0.986. The van der Waals surface area contributed by atoms with E-state index < -0.39 is 5.41 Å². The van der Waals surface area contributed by atoms with Crippen LogP contribution in [0.15, 0.2) is 36.9 Å². The Morgan fingerprint density at radius 3 is 2.26 bits per heavy atom. The lowest BCUT2D eigenvalue weighted by Crippen LogP contribution is -2.35. The molecule has 1 aliphatic heterocycles. The van der Waals surface area contributed by atoms with Gasteiger partial charge in [-0.15, -0.1) is 0 Å². The summed E-state index contributed by atoms with van der Waals surface area (Å²) in [6, 6.07) is 9.36. The number of carbonyl (C=O) groups is 2. The predicted octanol–water partition coefficient (Wildman–Crippen LogP) is 2.34. The van der Waals surface area contributed by atoms with Crippen molar-refractivity contribution in [2.45, 2.75) is 26.7 Å². The maximum atomic E-state index is 12.5. The summed E-state index contributed by atoms with van der Waals surface area (Å²) in [5.74, 6) is -0.448. The van der Waals surface area contributed by atoms with Crippen molar-refractivity contribution < 1.29 is 9.59 Å². The molecule has 1 heterocycles. The molecule has 1 aliphatic rings. The molecule has 2 rings (SSSR count). The lowest BCUT2D eigenvalue weighted by molar-refractivity contribution is -0.138. The smallest absolute Gasteiger partial charge is 0.261 e. The van der Waals surface area contributed by atoms with Crippen LogP contribution < -0.4 is 5.43 Å². The van der Waals surface area contributed by atoms with Crippen LogP contribution in [0.5, 0.6) is 0 Å². The van der Waals surface area contributed by atoms with Crippen molar-refractivity contribution in [2.24, 2.45) is 5.41 Å². The normalized spacial score (nSPS) is 17.5. The van der Waals surface area contributed by atoms with Gasteiger partial charge in [0.15, 0.2) is 0 Å². The summed E-state index contributed by atoms with van der Waals surface area (Å²) in [4.78, 5) is 24.6. The molecular formula is C15H18N2O2. The van der Waals surface area contributed by atoms with Crippen molar-refractivity contribution in [1.29, 1.82) is 0 Å². The van der Waals surface area contributed by atoms with Crippen molar-refractivity contribution >= 4 is 17.5 Å². The largest absolute Gasteiger partial charge is 0.272 e. The third-order valence-electron chi connectivity index (χ3n) is 3.84. The van der Waals surface area contributed by atoms with E-state index >= 15 is 0 Å². The van der Waals surface area contributed by atoms with Gasteiger partial charge in [0.05, 0.1) is 5.70 Å². The minimum atomic E-state index is -0.947. The molecule has 0 unspecified atom stereocenters. The highest BCUT2D eigenvalue weighted by atomic mass is 16.2. The number of nitrogens with zero attached hydrogens (tertiary/aromatic N) is 1. The zero-order valence-corrected chi connectivity index (χ0v) is 11.3. The standard InChI is InChI=1S/C15H18N2O2/c1-4-15(5-2)13(18)16-17(14(15)19)11(3)12-9-7-6-8-10-12/h6-10H,3-5H2,1-2H3,(H,16,18). The van der Waals surface area contributed by atoms with Crippen LogP contribution in [-0.4, -0.2) is 16.8 Å². The number of hydrogen-bond donors (Lipinski definition) is 1. The molecule has 1 fully saturated rings. The number of hydrogen-bond acceptors (Lipinski definition) is 2. The zero-order valence-electron chi connectivity index (χ0n) is 11.3. The van der Waals surface area contributed by atoms with Crippen LogP contribution in [0, 0.1) is 5.41 Å². The van der Waals surface area contributed by atoms with Crippen molar-refractivity contribution in [1.82, 2.24) is 10.4 Å². The fourth-order valence-corrected chi connectivity index (χ4v) is 2.39. The van der Waals surface area contributed by atoms with Crippen LogP contribution in [0.2, 0.25) is 0 Å². The molecule has 1 N–H and O–H groups in total. The van der Waals surface area contributed by atoms with Gasteiger partial charge in [-0.2, -0.15) is 0 Å². The Balaban J connectivity index is 2.32. The van der Waals surface area contributed by atoms with E-state index in [-0.39, 0.29) is 11.8 Å². The van der Waals surface area contributed by atoms with Gasteiger partial charge >= 0.3 is 0 Å². The van der Waals surface area contributed by atoms with E-state index in [9.17, 15) is 9.59 Å². The number of carbonyl (C=O) groups excluding carboxylic acids is 2. The molecule has 0 aliphatic carbocycles. The van der Waals surface area contributed by atoms with E-state index in [2.05, 4.69) is 12.0 Å². The van der Waals surface area contributed by atoms with Crippen LogP contribution >= 0.6 is 0 Å². The Kier molecular flexibility index (Phi) is 3.42. The van der Waals surface area contributed by atoms with E-state index in [0.29, 0.717) is 18.5 Å². The van der Waals surface area contributed by atoms with Gasteiger partial charge in [0.25, 0.3) is 11.8 Å². The third kappa shape index (κ3) is 1.93.